The number of rotatable bonds is 5. The van der Waals surface area contributed by atoms with E-state index < -0.39 is 0 Å². The molecule has 0 bridgehead atoms. The number of aromatic nitrogens is 3. The number of pyridine rings is 1. The third-order valence-electron chi connectivity index (χ3n) is 3.48. The summed E-state index contributed by atoms with van der Waals surface area (Å²) in [7, 11) is 1.63. The van der Waals surface area contributed by atoms with Crippen LogP contribution in [0.3, 0.4) is 0 Å². The van der Waals surface area contributed by atoms with Crippen molar-refractivity contribution in [1.29, 1.82) is 0 Å². The van der Waals surface area contributed by atoms with Crippen LogP contribution in [-0.4, -0.2) is 22.1 Å². The number of nitrogens with one attached hydrogen (secondary N) is 2. The molecule has 0 amide bonds. The van der Waals surface area contributed by atoms with Gasteiger partial charge in [0.15, 0.2) is 11.6 Å². The molecule has 0 unspecified atom stereocenters. The molecule has 0 aliphatic carbocycles. The summed E-state index contributed by atoms with van der Waals surface area (Å²) in [4.78, 5) is 12.7. The number of methoxy groups -OCH3 is 1. The minimum Gasteiger partial charge on any atom is -0.497 e. The normalized spacial score (nSPS) is 10.2. The first-order chi connectivity index (χ1) is 11.7. The fourth-order valence-electron chi connectivity index (χ4n) is 2.13. The van der Waals surface area contributed by atoms with Crippen LogP contribution in [0.2, 0.25) is 0 Å². The second kappa shape index (κ2) is 6.82. The third-order valence-corrected chi connectivity index (χ3v) is 3.48. The van der Waals surface area contributed by atoms with E-state index in [1.165, 1.54) is 6.33 Å². The molecule has 7 heteroatoms. The molecule has 1 aromatic carbocycles. The minimum absolute atomic E-state index is 0.415. The van der Waals surface area contributed by atoms with Crippen molar-refractivity contribution < 1.29 is 4.74 Å². The Kier molecular flexibility index (Phi) is 4.42. The first-order valence-electron chi connectivity index (χ1n) is 7.37. The smallest absolute Gasteiger partial charge is 0.160 e. The summed E-state index contributed by atoms with van der Waals surface area (Å²) < 4.78 is 5.14. The van der Waals surface area contributed by atoms with Gasteiger partial charge in [-0.2, -0.15) is 0 Å². The summed E-state index contributed by atoms with van der Waals surface area (Å²) >= 11 is 0. The van der Waals surface area contributed by atoms with Gasteiger partial charge < -0.3 is 21.1 Å². The fourth-order valence-corrected chi connectivity index (χ4v) is 2.13. The van der Waals surface area contributed by atoms with Gasteiger partial charge in [0.25, 0.3) is 0 Å². The van der Waals surface area contributed by atoms with Crippen LogP contribution in [0.5, 0.6) is 5.75 Å². The molecular weight excluding hydrogens is 304 g/mol. The zero-order valence-corrected chi connectivity index (χ0v) is 13.4. The van der Waals surface area contributed by atoms with Crippen molar-refractivity contribution >= 4 is 28.8 Å². The molecule has 3 aromatic rings. The van der Waals surface area contributed by atoms with Crippen molar-refractivity contribution in [2.75, 3.05) is 23.5 Å². The first kappa shape index (κ1) is 15.5. The molecule has 0 saturated heterocycles. The number of benzene rings is 1. The second-order valence-corrected chi connectivity index (χ2v) is 5.13. The number of nitrogen functional groups attached to an aromatic ring is 1. The van der Waals surface area contributed by atoms with E-state index in [-0.39, 0.29) is 0 Å². The van der Waals surface area contributed by atoms with Crippen LogP contribution in [-0.2, 0) is 0 Å². The van der Waals surface area contributed by atoms with Gasteiger partial charge in [-0.3, -0.25) is 0 Å². The number of nitrogens with zero attached hydrogens (tertiary/aromatic N) is 3. The summed E-state index contributed by atoms with van der Waals surface area (Å²) in [5, 5.41) is 6.31. The van der Waals surface area contributed by atoms with E-state index in [1.807, 2.05) is 43.3 Å². The van der Waals surface area contributed by atoms with Crippen LogP contribution in [0, 0.1) is 6.92 Å². The molecule has 0 spiro atoms. The van der Waals surface area contributed by atoms with E-state index in [4.69, 9.17) is 10.5 Å². The molecule has 2 heterocycles. The predicted octanol–water partition coefficient (Wildman–Crippen LogP) is 3.26. The molecule has 2 aromatic heterocycles. The Labute approximate surface area is 139 Å². The van der Waals surface area contributed by atoms with Gasteiger partial charge in [-0.05, 0) is 42.8 Å². The molecule has 3 rings (SSSR count). The van der Waals surface area contributed by atoms with Crippen molar-refractivity contribution in [2.45, 2.75) is 6.92 Å². The minimum atomic E-state index is 0.415. The highest BCUT2D eigenvalue weighted by molar-refractivity contribution is 5.80. The maximum atomic E-state index is 6.18. The van der Waals surface area contributed by atoms with Crippen LogP contribution in [0.4, 0.5) is 28.8 Å². The molecule has 0 saturated carbocycles. The van der Waals surface area contributed by atoms with E-state index >= 15 is 0 Å². The zero-order valence-electron chi connectivity index (χ0n) is 13.4. The number of hydrogen-bond acceptors (Lipinski definition) is 7. The standard InChI is InChI=1S/C17H18N6O/c1-11-4-3-9-19-15(11)23-17-14(18)16(20-10-21-17)22-12-5-7-13(24-2)8-6-12/h3-10H,18H2,1-2H3,(H2,19,20,21,22,23). The number of anilines is 5. The molecule has 0 fully saturated rings. The highest BCUT2D eigenvalue weighted by atomic mass is 16.5. The molecule has 0 radical (unpaired) electrons. The lowest BCUT2D eigenvalue weighted by Crippen LogP contribution is -2.06. The Hall–Kier alpha value is -3.35. The quantitative estimate of drug-likeness (QED) is 0.663. The van der Waals surface area contributed by atoms with Gasteiger partial charge in [-0.25, -0.2) is 15.0 Å². The first-order valence-corrected chi connectivity index (χ1v) is 7.37. The van der Waals surface area contributed by atoms with Crippen molar-refractivity contribution in [3.63, 3.8) is 0 Å². The van der Waals surface area contributed by atoms with Crippen molar-refractivity contribution in [3.05, 3.63) is 54.5 Å². The topological polar surface area (TPSA) is 98.0 Å². The molecule has 0 atom stereocenters. The highest BCUT2D eigenvalue weighted by Gasteiger charge is 2.10. The van der Waals surface area contributed by atoms with Crippen molar-refractivity contribution in [1.82, 2.24) is 15.0 Å². The summed E-state index contributed by atoms with van der Waals surface area (Å²) in [6.45, 7) is 1.96. The molecular formula is C17H18N6O. The van der Waals surface area contributed by atoms with Gasteiger partial charge in [-0.15, -0.1) is 0 Å². The number of hydrogen-bond donors (Lipinski definition) is 3. The SMILES string of the molecule is COc1ccc(Nc2ncnc(Nc3ncccc3C)c2N)cc1. The predicted molar refractivity (Wildman–Crippen MR) is 95.0 cm³/mol. The van der Waals surface area contributed by atoms with E-state index in [9.17, 15) is 0 Å². The summed E-state index contributed by atoms with van der Waals surface area (Å²) in [6.07, 6.45) is 3.16. The van der Waals surface area contributed by atoms with E-state index in [0.29, 0.717) is 23.1 Å². The molecule has 7 nitrogen and oxygen atoms in total. The average Bonchev–Trinajstić information content (AvgIpc) is 2.61. The van der Waals surface area contributed by atoms with Crippen LogP contribution in [0.25, 0.3) is 0 Å². The molecule has 24 heavy (non-hydrogen) atoms. The van der Waals surface area contributed by atoms with Gasteiger partial charge in [0.2, 0.25) is 0 Å². The van der Waals surface area contributed by atoms with Gasteiger partial charge in [-0.1, -0.05) is 6.07 Å². The maximum Gasteiger partial charge on any atom is 0.160 e. The summed E-state index contributed by atoms with van der Waals surface area (Å²) in [5.41, 5.74) is 8.45. The Bertz CT molecular complexity index is 835. The van der Waals surface area contributed by atoms with Gasteiger partial charge in [0.05, 0.1) is 7.11 Å². The van der Waals surface area contributed by atoms with Crippen LogP contribution in [0.1, 0.15) is 5.56 Å². The average molecular weight is 322 g/mol. The van der Waals surface area contributed by atoms with Gasteiger partial charge in [0, 0.05) is 11.9 Å². The Morgan fingerprint density at radius 2 is 1.62 bits per heavy atom. The van der Waals surface area contributed by atoms with E-state index in [0.717, 1.165) is 17.0 Å². The van der Waals surface area contributed by atoms with Crippen LogP contribution in [0.15, 0.2) is 48.9 Å². The Balaban J connectivity index is 1.83. The van der Waals surface area contributed by atoms with E-state index in [2.05, 4.69) is 25.6 Å². The second-order valence-electron chi connectivity index (χ2n) is 5.13. The van der Waals surface area contributed by atoms with Gasteiger partial charge in [0.1, 0.15) is 23.6 Å². The highest BCUT2D eigenvalue weighted by Crippen LogP contribution is 2.28. The monoisotopic (exact) mass is 322 g/mol. The lowest BCUT2D eigenvalue weighted by Gasteiger charge is -2.13. The third kappa shape index (κ3) is 3.35. The van der Waals surface area contributed by atoms with Crippen molar-refractivity contribution in [2.24, 2.45) is 0 Å². The lowest BCUT2D eigenvalue weighted by atomic mass is 10.3. The number of aryl methyl sites for hydroxylation is 1. The number of ether oxygens (including phenoxy) is 1. The Morgan fingerprint density at radius 1 is 0.917 bits per heavy atom. The maximum absolute atomic E-state index is 6.18. The molecule has 4 N–H and O–H groups in total. The molecule has 0 aliphatic heterocycles. The molecule has 122 valence electrons. The van der Waals surface area contributed by atoms with Crippen LogP contribution < -0.4 is 21.1 Å². The van der Waals surface area contributed by atoms with Crippen LogP contribution >= 0.6 is 0 Å². The largest absolute Gasteiger partial charge is 0.497 e. The number of nitrogens with two attached hydrogens (primary N) is 1. The zero-order chi connectivity index (χ0) is 16.9. The van der Waals surface area contributed by atoms with Gasteiger partial charge >= 0.3 is 0 Å². The van der Waals surface area contributed by atoms with E-state index in [1.54, 1.807) is 13.3 Å². The van der Waals surface area contributed by atoms with Crippen molar-refractivity contribution in [3.8, 4) is 5.75 Å². The lowest BCUT2D eigenvalue weighted by molar-refractivity contribution is 0.415. The summed E-state index contributed by atoms with van der Waals surface area (Å²) in [6, 6.07) is 11.3. The Morgan fingerprint density at radius 3 is 2.29 bits per heavy atom. The summed E-state index contributed by atoms with van der Waals surface area (Å²) in [5.74, 6) is 2.51. The molecule has 0 aliphatic rings. The fraction of sp³-hybridized carbons (Fsp3) is 0.118.